The van der Waals surface area contributed by atoms with Crippen molar-refractivity contribution in [1.82, 2.24) is 4.98 Å². The van der Waals surface area contributed by atoms with E-state index in [1.54, 1.807) is 0 Å². The van der Waals surface area contributed by atoms with Gasteiger partial charge in [0.15, 0.2) is 0 Å². The average Bonchev–Trinajstić information content (AvgIpc) is 2.04. The largest absolute Gasteiger partial charge is 0.359 e. The van der Waals surface area contributed by atoms with Crippen LogP contribution in [0, 0.1) is 6.92 Å². The third-order valence-corrected chi connectivity index (χ3v) is 2.59. The molecule has 0 aromatic carbocycles. The van der Waals surface area contributed by atoms with Crippen molar-refractivity contribution in [3.63, 3.8) is 0 Å². The summed E-state index contributed by atoms with van der Waals surface area (Å²) in [6.07, 6.45) is 1.83. The molecule has 13 heavy (non-hydrogen) atoms. The number of anilines is 1. The highest BCUT2D eigenvalue weighted by Crippen LogP contribution is 2.19. The molecule has 72 valence electrons. The predicted octanol–water partition coefficient (Wildman–Crippen LogP) is 2.98. The first-order valence-corrected chi connectivity index (χ1v) is 5.96. The fourth-order valence-electron chi connectivity index (χ4n) is 1.17. The first kappa shape index (κ1) is 11.0. The van der Waals surface area contributed by atoms with Gasteiger partial charge in [-0.2, -0.15) is 0 Å². The molecule has 0 N–H and O–H groups in total. The minimum Gasteiger partial charge on any atom is -0.359 e. The maximum absolute atomic E-state index is 4.35. The number of alkyl halides is 1. The van der Waals surface area contributed by atoms with Crippen LogP contribution in [0.5, 0.6) is 0 Å². The number of rotatable bonds is 3. The third-order valence-electron chi connectivity index (χ3n) is 1.80. The van der Waals surface area contributed by atoms with Crippen molar-refractivity contribution in [2.75, 3.05) is 23.8 Å². The first-order valence-electron chi connectivity index (χ1n) is 4.04. The van der Waals surface area contributed by atoms with E-state index in [0.29, 0.717) is 0 Å². The molecule has 0 aliphatic carbocycles. The highest BCUT2D eigenvalue weighted by molar-refractivity contribution is 9.10. The maximum atomic E-state index is 4.35. The topological polar surface area (TPSA) is 16.1 Å². The number of pyridine rings is 1. The molecule has 0 spiro atoms. The fraction of sp³-hybridized carbons (Fsp3) is 0.444. The molecule has 0 fully saturated rings. The second-order valence-corrected chi connectivity index (χ2v) is 4.61. The van der Waals surface area contributed by atoms with E-state index in [-0.39, 0.29) is 0 Å². The summed E-state index contributed by atoms with van der Waals surface area (Å²) in [7, 11) is 2.05. The van der Waals surface area contributed by atoms with Crippen molar-refractivity contribution in [2.24, 2.45) is 0 Å². The van der Waals surface area contributed by atoms with E-state index in [1.165, 1.54) is 5.56 Å². The van der Waals surface area contributed by atoms with E-state index in [0.717, 1.165) is 22.2 Å². The van der Waals surface area contributed by atoms with Crippen molar-refractivity contribution in [3.8, 4) is 0 Å². The van der Waals surface area contributed by atoms with E-state index in [1.807, 2.05) is 13.2 Å². The van der Waals surface area contributed by atoms with Crippen LogP contribution >= 0.6 is 31.9 Å². The summed E-state index contributed by atoms with van der Waals surface area (Å²) < 4.78 is 1.03. The van der Waals surface area contributed by atoms with Crippen LogP contribution in [0.25, 0.3) is 0 Å². The van der Waals surface area contributed by atoms with Crippen LogP contribution in [0.15, 0.2) is 16.7 Å². The lowest BCUT2D eigenvalue weighted by molar-refractivity contribution is 0.939. The molecule has 0 amide bonds. The molecule has 0 bridgehead atoms. The second kappa shape index (κ2) is 4.96. The van der Waals surface area contributed by atoms with Crippen molar-refractivity contribution >= 4 is 37.7 Å². The van der Waals surface area contributed by atoms with Crippen molar-refractivity contribution in [1.29, 1.82) is 0 Å². The Kier molecular flexibility index (Phi) is 4.19. The predicted molar refractivity (Wildman–Crippen MR) is 63.7 cm³/mol. The standard InChI is InChI=1S/C9H12Br2N2/c1-7-5-8(11)6-12-9(7)13(2)4-3-10/h5-6H,3-4H2,1-2H3. The van der Waals surface area contributed by atoms with Crippen LogP contribution in [-0.4, -0.2) is 23.9 Å². The van der Waals surface area contributed by atoms with Crippen LogP contribution in [-0.2, 0) is 0 Å². The Balaban J connectivity index is 2.88. The number of halogens is 2. The summed E-state index contributed by atoms with van der Waals surface area (Å²) in [4.78, 5) is 6.49. The summed E-state index contributed by atoms with van der Waals surface area (Å²) in [6, 6.07) is 2.08. The number of aromatic nitrogens is 1. The quantitative estimate of drug-likeness (QED) is 0.798. The Morgan fingerprint density at radius 1 is 1.54 bits per heavy atom. The zero-order chi connectivity index (χ0) is 9.84. The highest BCUT2D eigenvalue weighted by Gasteiger charge is 2.04. The normalized spacial score (nSPS) is 10.2. The smallest absolute Gasteiger partial charge is 0.131 e. The molecule has 1 heterocycles. The van der Waals surface area contributed by atoms with Gasteiger partial charge >= 0.3 is 0 Å². The van der Waals surface area contributed by atoms with Crippen LogP contribution in [0.2, 0.25) is 0 Å². The lowest BCUT2D eigenvalue weighted by Gasteiger charge is -2.18. The van der Waals surface area contributed by atoms with Gasteiger partial charge in [-0.05, 0) is 34.5 Å². The summed E-state index contributed by atoms with van der Waals surface area (Å²) in [5.41, 5.74) is 1.19. The van der Waals surface area contributed by atoms with Crippen LogP contribution in [0.3, 0.4) is 0 Å². The molecule has 0 saturated carbocycles. The lowest BCUT2D eigenvalue weighted by Crippen LogP contribution is -2.21. The summed E-state index contributed by atoms with van der Waals surface area (Å²) in [6.45, 7) is 3.04. The van der Waals surface area contributed by atoms with Gasteiger partial charge in [-0.25, -0.2) is 4.98 Å². The van der Waals surface area contributed by atoms with Gasteiger partial charge in [-0.1, -0.05) is 15.9 Å². The molecule has 1 rings (SSSR count). The van der Waals surface area contributed by atoms with Gasteiger partial charge in [-0.15, -0.1) is 0 Å². The van der Waals surface area contributed by atoms with Gasteiger partial charge in [0, 0.05) is 29.6 Å². The Morgan fingerprint density at radius 2 is 2.23 bits per heavy atom. The molecule has 0 saturated heterocycles. The van der Waals surface area contributed by atoms with Gasteiger partial charge in [0.05, 0.1) is 0 Å². The van der Waals surface area contributed by atoms with Crippen LogP contribution in [0.4, 0.5) is 5.82 Å². The molecule has 0 aliphatic heterocycles. The number of hydrogen-bond donors (Lipinski definition) is 0. The molecule has 2 nitrogen and oxygen atoms in total. The number of nitrogens with zero attached hydrogens (tertiary/aromatic N) is 2. The maximum Gasteiger partial charge on any atom is 0.131 e. The molecule has 0 radical (unpaired) electrons. The molecule has 4 heteroatoms. The van der Waals surface area contributed by atoms with Crippen LogP contribution in [0.1, 0.15) is 5.56 Å². The summed E-state index contributed by atoms with van der Waals surface area (Å²) >= 11 is 6.80. The molecule has 0 atom stereocenters. The van der Waals surface area contributed by atoms with Crippen molar-refractivity contribution in [2.45, 2.75) is 6.92 Å². The van der Waals surface area contributed by atoms with Crippen molar-refractivity contribution < 1.29 is 0 Å². The Labute approximate surface area is 95.6 Å². The van der Waals surface area contributed by atoms with Gasteiger partial charge in [0.1, 0.15) is 5.82 Å². The zero-order valence-electron chi connectivity index (χ0n) is 7.72. The fourth-order valence-corrected chi connectivity index (χ4v) is 2.14. The summed E-state index contributed by atoms with van der Waals surface area (Å²) in [5, 5.41) is 0.959. The minimum absolute atomic E-state index is 0.959. The third kappa shape index (κ3) is 2.95. The SMILES string of the molecule is Cc1cc(Br)cnc1N(C)CCBr. The Morgan fingerprint density at radius 3 is 2.77 bits per heavy atom. The Bertz CT molecular complexity index is 289. The first-order chi connectivity index (χ1) is 6.15. The molecule has 0 aliphatic rings. The molecule has 0 unspecified atom stereocenters. The number of aryl methyl sites for hydroxylation is 1. The van der Waals surface area contributed by atoms with E-state index in [9.17, 15) is 0 Å². The molecular weight excluding hydrogens is 296 g/mol. The average molecular weight is 308 g/mol. The van der Waals surface area contributed by atoms with Crippen LogP contribution < -0.4 is 4.90 Å². The lowest BCUT2D eigenvalue weighted by atomic mass is 10.3. The van der Waals surface area contributed by atoms with Crippen molar-refractivity contribution in [3.05, 3.63) is 22.3 Å². The zero-order valence-corrected chi connectivity index (χ0v) is 10.9. The second-order valence-electron chi connectivity index (χ2n) is 2.90. The van der Waals surface area contributed by atoms with E-state index >= 15 is 0 Å². The monoisotopic (exact) mass is 306 g/mol. The van der Waals surface area contributed by atoms with E-state index < -0.39 is 0 Å². The number of hydrogen-bond acceptors (Lipinski definition) is 2. The summed E-state index contributed by atoms with van der Waals surface area (Å²) in [5.74, 6) is 1.04. The van der Waals surface area contributed by atoms with Gasteiger partial charge in [-0.3, -0.25) is 0 Å². The highest BCUT2D eigenvalue weighted by atomic mass is 79.9. The Hall–Kier alpha value is -0.0900. The minimum atomic E-state index is 0.959. The van der Waals surface area contributed by atoms with Gasteiger partial charge in [0.25, 0.3) is 0 Å². The van der Waals surface area contributed by atoms with E-state index in [4.69, 9.17) is 0 Å². The van der Waals surface area contributed by atoms with E-state index in [2.05, 4.69) is 54.7 Å². The molecular formula is C9H12Br2N2. The van der Waals surface area contributed by atoms with Gasteiger partial charge < -0.3 is 4.90 Å². The molecule has 1 aromatic heterocycles. The molecule has 1 aromatic rings. The van der Waals surface area contributed by atoms with Gasteiger partial charge in [0.2, 0.25) is 0 Å².